The van der Waals surface area contributed by atoms with E-state index in [2.05, 4.69) is 29.4 Å². The fourth-order valence-corrected chi connectivity index (χ4v) is 3.29. The molecule has 0 aliphatic rings. The molecule has 3 aromatic rings. The van der Waals surface area contributed by atoms with Crippen molar-refractivity contribution in [3.63, 3.8) is 0 Å². The van der Waals surface area contributed by atoms with Gasteiger partial charge in [0.1, 0.15) is 5.76 Å². The van der Waals surface area contributed by atoms with Gasteiger partial charge < -0.3 is 15.6 Å². The molecule has 2 heterocycles. The highest BCUT2D eigenvalue weighted by Crippen LogP contribution is 2.25. The number of nitrogens with one attached hydrogen (secondary N) is 1. The van der Waals surface area contributed by atoms with Crippen molar-refractivity contribution >= 4 is 23.4 Å². The first-order valence-corrected chi connectivity index (χ1v) is 9.75. The van der Waals surface area contributed by atoms with Crippen molar-refractivity contribution in [1.29, 1.82) is 0 Å². The molecule has 0 aliphatic carbocycles. The van der Waals surface area contributed by atoms with Crippen molar-refractivity contribution in [2.75, 3.05) is 16.9 Å². The third-order valence-corrected chi connectivity index (χ3v) is 5.42. The van der Waals surface area contributed by atoms with Gasteiger partial charge in [0.25, 0.3) is 0 Å². The Labute approximate surface area is 162 Å². The van der Waals surface area contributed by atoms with Gasteiger partial charge in [-0.3, -0.25) is 4.79 Å². The van der Waals surface area contributed by atoms with Gasteiger partial charge in [-0.05, 0) is 43.0 Å². The lowest BCUT2D eigenvalue weighted by Crippen LogP contribution is -2.16. The molecule has 0 radical (unpaired) electrons. The van der Waals surface area contributed by atoms with Gasteiger partial charge in [-0.15, -0.1) is 10.2 Å². The van der Waals surface area contributed by atoms with Crippen LogP contribution >= 0.6 is 11.8 Å². The second-order valence-electron chi connectivity index (χ2n) is 6.33. The second-order valence-corrected chi connectivity index (χ2v) is 7.28. The van der Waals surface area contributed by atoms with E-state index in [1.807, 2.05) is 31.2 Å². The number of amides is 1. The number of furan rings is 1. The number of benzene rings is 1. The molecule has 1 amide bonds. The number of aromatic nitrogens is 3. The van der Waals surface area contributed by atoms with Crippen molar-refractivity contribution in [1.82, 2.24) is 14.9 Å². The van der Waals surface area contributed by atoms with Gasteiger partial charge in [0.2, 0.25) is 11.1 Å². The van der Waals surface area contributed by atoms with E-state index < -0.39 is 0 Å². The number of carbonyl (C=O) groups excluding carboxylic acids is 1. The maximum absolute atomic E-state index is 12.2. The van der Waals surface area contributed by atoms with Gasteiger partial charge in [-0.1, -0.05) is 37.7 Å². The summed E-state index contributed by atoms with van der Waals surface area (Å²) >= 11 is 1.23. The summed E-state index contributed by atoms with van der Waals surface area (Å²) in [6, 6.07) is 9.73. The highest BCUT2D eigenvalue weighted by Gasteiger charge is 2.16. The second kappa shape index (κ2) is 8.30. The SMILES string of the molecule is CCC(C)c1ccc(NC(=O)CSc2nnc(-c3ccoc3C)n2N)cc1. The lowest BCUT2D eigenvalue weighted by molar-refractivity contribution is -0.113. The summed E-state index contributed by atoms with van der Waals surface area (Å²) in [5, 5.41) is 11.5. The quantitative estimate of drug-likeness (QED) is 0.474. The average Bonchev–Trinajstić information content (AvgIpc) is 3.25. The third kappa shape index (κ3) is 4.33. The molecule has 0 saturated carbocycles. The molecule has 0 fully saturated rings. The fourth-order valence-electron chi connectivity index (χ4n) is 2.63. The lowest BCUT2D eigenvalue weighted by atomic mass is 9.99. The number of thioether (sulfide) groups is 1. The van der Waals surface area contributed by atoms with E-state index in [1.165, 1.54) is 22.0 Å². The molecule has 1 unspecified atom stereocenters. The predicted octanol–water partition coefficient (Wildman–Crippen LogP) is 3.80. The van der Waals surface area contributed by atoms with Crippen LogP contribution in [0, 0.1) is 6.92 Å². The summed E-state index contributed by atoms with van der Waals surface area (Å²) in [5.41, 5.74) is 2.82. The Morgan fingerprint density at radius 2 is 2.04 bits per heavy atom. The highest BCUT2D eigenvalue weighted by atomic mass is 32.2. The summed E-state index contributed by atoms with van der Waals surface area (Å²) < 4.78 is 6.64. The summed E-state index contributed by atoms with van der Waals surface area (Å²) in [7, 11) is 0. The third-order valence-electron chi connectivity index (χ3n) is 4.47. The Morgan fingerprint density at radius 3 is 2.67 bits per heavy atom. The Bertz CT molecular complexity index is 917. The normalized spacial score (nSPS) is 12.1. The van der Waals surface area contributed by atoms with E-state index in [9.17, 15) is 4.79 Å². The molecular weight excluding hydrogens is 362 g/mol. The largest absolute Gasteiger partial charge is 0.469 e. The Hall–Kier alpha value is -2.74. The topological polar surface area (TPSA) is 99.0 Å². The van der Waals surface area contributed by atoms with E-state index in [0.29, 0.717) is 22.7 Å². The number of carbonyl (C=O) groups is 1. The zero-order valence-electron chi connectivity index (χ0n) is 15.6. The average molecular weight is 385 g/mol. The van der Waals surface area contributed by atoms with Crippen LogP contribution in [0.1, 0.15) is 37.5 Å². The van der Waals surface area contributed by atoms with Gasteiger partial charge in [-0.25, -0.2) is 4.68 Å². The van der Waals surface area contributed by atoms with E-state index in [0.717, 1.165) is 17.7 Å². The Kier molecular flexibility index (Phi) is 5.85. The van der Waals surface area contributed by atoms with Crippen LogP contribution in [0.4, 0.5) is 5.69 Å². The van der Waals surface area contributed by atoms with E-state index in [4.69, 9.17) is 10.3 Å². The molecule has 1 atom stereocenters. The molecule has 8 heteroatoms. The first-order valence-electron chi connectivity index (χ1n) is 8.77. The van der Waals surface area contributed by atoms with Crippen molar-refractivity contribution in [2.45, 2.75) is 38.3 Å². The smallest absolute Gasteiger partial charge is 0.234 e. The zero-order valence-corrected chi connectivity index (χ0v) is 16.4. The van der Waals surface area contributed by atoms with Crippen LogP contribution < -0.4 is 11.2 Å². The number of rotatable bonds is 7. The molecule has 0 aliphatic heterocycles. The number of hydrogen-bond acceptors (Lipinski definition) is 6. The summed E-state index contributed by atoms with van der Waals surface area (Å²) in [6.07, 6.45) is 2.66. The molecular formula is C19H23N5O2S. The van der Waals surface area contributed by atoms with Crippen molar-refractivity contribution < 1.29 is 9.21 Å². The van der Waals surface area contributed by atoms with Crippen LogP contribution in [0.15, 0.2) is 46.2 Å². The number of nitrogen functional groups attached to an aromatic ring is 1. The molecule has 0 spiro atoms. The van der Waals surface area contributed by atoms with Crippen molar-refractivity contribution in [3.8, 4) is 11.4 Å². The van der Waals surface area contributed by atoms with Gasteiger partial charge in [-0.2, -0.15) is 0 Å². The van der Waals surface area contributed by atoms with Gasteiger partial charge in [0.15, 0.2) is 5.82 Å². The highest BCUT2D eigenvalue weighted by molar-refractivity contribution is 7.99. The van der Waals surface area contributed by atoms with E-state index in [-0.39, 0.29) is 11.7 Å². The molecule has 7 nitrogen and oxygen atoms in total. The summed E-state index contributed by atoms with van der Waals surface area (Å²) in [6.45, 7) is 6.18. The molecule has 2 aromatic heterocycles. The van der Waals surface area contributed by atoms with Crippen LogP contribution in [0.5, 0.6) is 0 Å². The van der Waals surface area contributed by atoms with Crippen molar-refractivity contribution in [3.05, 3.63) is 47.9 Å². The van der Waals surface area contributed by atoms with Crippen molar-refractivity contribution in [2.24, 2.45) is 0 Å². The summed E-state index contributed by atoms with van der Waals surface area (Å²) in [5.74, 6) is 7.85. The fraction of sp³-hybridized carbons (Fsp3) is 0.316. The van der Waals surface area contributed by atoms with Gasteiger partial charge >= 0.3 is 0 Å². The van der Waals surface area contributed by atoms with Gasteiger partial charge in [0, 0.05) is 5.69 Å². The summed E-state index contributed by atoms with van der Waals surface area (Å²) in [4.78, 5) is 12.2. The van der Waals surface area contributed by atoms with Crippen LogP contribution in [0.2, 0.25) is 0 Å². The molecule has 3 rings (SSSR count). The van der Waals surface area contributed by atoms with E-state index in [1.54, 1.807) is 12.3 Å². The molecule has 0 bridgehead atoms. The van der Waals surface area contributed by atoms with E-state index >= 15 is 0 Å². The lowest BCUT2D eigenvalue weighted by Gasteiger charge is -2.10. The first kappa shape index (κ1) is 19.0. The monoisotopic (exact) mass is 385 g/mol. The number of aryl methyl sites for hydroxylation is 1. The predicted molar refractivity (Wildman–Crippen MR) is 107 cm³/mol. The zero-order chi connectivity index (χ0) is 19.4. The Balaban J connectivity index is 1.58. The minimum absolute atomic E-state index is 0.125. The number of nitrogens with two attached hydrogens (primary N) is 1. The molecule has 142 valence electrons. The molecule has 27 heavy (non-hydrogen) atoms. The minimum atomic E-state index is -0.125. The van der Waals surface area contributed by atoms with Crippen LogP contribution in [-0.4, -0.2) is 26.5 Å². The number of anilines is 1. The van der Waals surface area contributed by atoms with Crippen LogP contribution in [0.25, 0.3) is 11.4 Å². The molecule has 3 N–H and O–H groups in total. The molecule has 1 aromatic carbocycles. The maximum Gasteiger partial charge on any atom is 0.234 e. The van der Waals surface area contributed by atoms with Crippen LogP contribution in [-0.2, 0) is 4.79 Å². The standard InChI is InChI=1S/C19H23N5O2S/c1-4-12(2)14-5-7-15(8-6-14)21-17(25)11-27-19-23-22-18(24(19)20)16-9-10-26-13(16)3/h5-10,12H,4,11,20H2,1-3H3,(H,21,25). The Morgan fingerprint density at radius 1 is 1.30 bits per heavy atom. The number of nitrogens with zero attached hydrogens (tertiary/aromatic N) is 3. The first-order chi connectivity index (χ1) is 13.0. The minimum Gasteiger partial charge on any atom is -0.469 e. The maximum atomic E-state index is 12.2. The molecule has 0 saturated heterocycles. The number of hydrogen-bond donors (Lipinski definition) is 2. The van der Waals surface area contributed by atoms with Gasteiger partial charge in [0.05, 0.1) is 17.6 Å². The van der Waals surface area contributed by atoms with Crippen LogP contribution in [0.3, 0.4) is 0 Å².